The number of carbonyl (C=O) groups is 2. The molecule has 0 aliphatic heterocycles. The topological polar surface area (TPSA) is 114 Å². The number of aryl methyl sites for hydroxylation is 1. The molecule has 0 unspecified atom stereocenters. The second kappa shape index (κ2) is 11.1. The maximum Gasteiger partial charge on any atom is 0.256 e. The first-order chi connectivity index (χ1) is 14.6. The van der Waals surface area contributed by atoms with Gasteiger partial charge in [0.25, 0.3) is 5.91 Å². The maximum atomic E-state index is 12.9. The van der Waals surface area contributed by atoms with Crippen molar-refractivity contribution >= 4 is 33.4 Å². The Morgan fingerprint density at radius 2 is 1.81 bits per heavy atom. The van der Waals surface area contributed by atoms with E-state index >= 15 is 0 Å². The van der Waals surface area contributed by atoms with Crippen molar-refractivity contribution in [1.82, 2.24) is 15.6 Å². The van der Waals surface area contributed by atoms with E-state index in [1.54, 1.807) is 18.2 Å². The molecule has 0 aromatic heterocycles. The molecule has 0 aliphatic carbocycles. The summed E-state index contributed by atoms with van der Waals surface area (Å²) in [6, 6.07) is 8.20. The fourth-order valence-corrected chi connectivity index (χ4v) is 3.89. The van der Waals surface area contributed by atoms with E-state index in [4.69, 9.17) is 16.3 Å². The molecule has 168 valence electrons. The van der Waals surface area contributed by atoms with Gasteiger partial charge >= 0.3 is 0 Å². The molecule has 0 saturated heterocycles. The van der Waals surface area contributed by atoms with Crippen LogP contribution in [0.1, 0.15) is 25.3 Å². The molecule has 0 radical (unpaired) electrons. The number of nitrogens with one attached hydrogen (secondary N) is 3. The van der Waals surface area contributed by atoms with Crippen LogP contribution in [0.3, 0.4) is 0 Å². The Hall–Kier alpha value is -2.69. The molecule has 0 aliphatic rings. The zero-order valence-corrected chi connectivity index (χ0v) is 18.5. The Balaban J connectivity index is 1.72. The predicted octanol–water partition coefficient (Wildman–Crippen LogP) is 2.46. The lowest BCUT2D eigenvalue weighted by Crippen LogP contribution is -2.51. The van der Waals surface area contributed by atoms with Crippen LogP contribution in [0.15, 0.2) is 47.4 Å². The standard InChI is InChI=1S/C20H23ClFN3O5S/c1-13-12-15(21)5-10-18(13)30-11-3-4-19(26)23-24-20(27)14(2)25-31(28,29)17-8-6-16(22)7-9-17/h5-10,12,14,25H,3-4,11H2,1-2H3,(H,23,26)(H,24,27)/t14-/m1/s1. The van der Waals surface area contributed by atoms with E-state index in [1.165, 1.54) is 6.92 Å². The summed E-state index contributed by atoms with van der Waals surface area (Å²) >= 11 is 5.88. The van der Waals surface area contributed by atoms with Gasteiger partial charge in [0.1, 0.15) is 11.6 Å². The molecule has 2 amide bonds. The molecule has 31 heavy (non-hydrogen) atoms. The molecular weight excluding hydrogens is 449 g/mol. The molecule has 2 aromatic carbocycles. The Labute approximate surface area is 185 Å². The van der Waals surface area contributed by atoms with Gasteiger partial charge in [0.2, 0.25) is 15.9 Å². The summed E-state index contributed by atoms with van der Waals surface area (Å²) in [5, 5.41) is 0.606. The number of ether oxygens (including phenoxy) is 1. The quantitative estimate of drug-likeness (QED) is 0.384. The van der Waals surface area contributed by atoms with Crippen LogP contribution >= 0.6 is 11.6 Å². The summed E-state index contributed by atoms with van der Waals surface area (Å²) in [7, 11) is -4.03. The van der Waals surface area contributed by atoms with Gasteiger partial charge in [-0.25, -0.2) is 12.8 Å². The Bertz CT molecular complexity index is 1030. The molecule has 0 saturated carbocycles. The van der Waals surface area contributed by atoms with Gasteiger partial charge in [-0.15, -0.1) is 0 Å². The molecule has 0 heterocycles. The van der Waals surface area contributed by atoms with E-state index in [0.717, 1.165) is 29.8 Å². The second-order valence-electron chi connectivity index (χ2n) is 6.70. The minimum absolute atomic E-state index is 0.0859. The van der Waals surface area contributed by atoms with Crippen molar-refractivity contribution in [2.45, 2.75) is 37.6 Å². The smallest absolute Gasteiger partial charge is 0.256 e. The molecule has 8 nitrogen and oxygen atoms in total. The van der Waals surface area contributed by atoms with Gasteiger partial charge in [-0.1, -0.05) is 11.6 Å². The number of halogens is 2. The van der Waals surface area contributed by atoms with Crippen molar-refractivity contribution in [3.05, 3.63) is 58.9 Å². The van der Waals surface area contributed by atoms with Crippen LogP contribution in [0.4, 0.5) is 4.39 Å². The van der Waals surface area contributed by atoms with Crippen LogP contribution in [0.25, 0.3) is 0 Å². The highest BCUT2D eigenvalue weighted by atomic mass is 35.5. The minimum Gasteiger partial charge on any atom is -0.493 e. The molecule has 2 aromatic rings. The van der Waals surface area contributed by atoms with E-state index in [1.807, 2.05) is 6.92 Å². The highest BCUT2D eigenvalue weighted by molar-refractivity contribution is 7.89. The van der Waals surface area contributed by atoms with Crippen molar-refractivity contribution in [3.63, 3.8) is 0 Å². The zero-order chi connectivity index (χ0) is 23.0. The number of hydrogen-bond donors (Lipinski definition) is 3. The van der Waals surface area contributed by atoms with Crippen molar-refractivity contribution in [2.75, 3.05) is 6.61 Å². The number of carbonyl (C=O) groups excluding carboxylic acids is 2. The third kappa shape index (κ3) is 7.82. The van der Waals surface area contributed by atoms with E-state index in [-0.39, 0.29) is 17.9 Å². The summed E-state index contributed by atoms with van der Waals surface area (Å²) in [5.74, 6) is -1.13. The van der Waals surface area contributed by atoms with E-state index in [9.17, 15) is 22.4 Å². The number of sulfonamides is 1. The van der Waals surface area contributed by atoms with Crippen molar-refractivity contribution in [3.8, 4) is 5.75 Å². The van der Waals surface area contributed by atoms with Crippen molar-refractivity contribution < 1.29 is 27.1 Å². The fourth-order valence-electron chi connectivity index (χ4n) is 2.46. The summed E-state index contributed by atoms with van der Waals surface area (Å²) in [4.78, 5) is 23.7. The normalized spacial score (nSPS) is 12.1. The Kier molecular flexibility index (Phi) is 8.78. The number of benzene rings is 2. The van der Waals surface area contributed by atoms with Gasteiger partial charge in [-0.2, -0.15) is 4.72 Å². The number of hydrazine groups is 1. The summed E-state index contributed by atoms with van der Waals surface area (Å²) in [6.07, 6.45) is 0.485. The van der Waals surface area contributed by atoms with Gasteiger partial charge in [0, 0.05) is 11.4 Å². The van der Waals surface area contributed by atoms with Crippen LogP contribution in [0, 0.1) is 12.7 Å². The molecule has 3 N–H and O–H groups in total. The Morgan fingerprint density at radius 3 is 2.45 bits per heavy atom. The SMILES string of the molecule is Cc1cc(Cl)ccc1OCCCC(=O)NNC(=O)[C@@H](C)NS(=O)(=O)c1ccc(F)cc1. The van der Waals surface area contributed by atoms with Crippen LogP contribution in [-0.2, 0) is 19.6 Å². The second-order valence-corrected chi connectivity index (χ2v) is 8.85. The van der Waals surface area contributed by atoms with Gasteiger partial charge in [-0.05, 0) is 68.3 Å². The first kappa shape index (κ1) is 24.6. The van der Waals surface area contributed by atoms with Crippen LogP contribution < -0.4 is 20.3 Å². The predicted molar refractivity (Wildman–Crippen MR) is 113 cm³/mol. The van der Waals surface area contributed by atoms with Crippen molar-refractivity contribution in [2.24, 2.45) is 0 Å². The third-order valence-electron chi connectivity index (χ3n) is 4.12. The zero-order valence-electron chi connectivity index (χ0n) is 16.9. The van der Waals surface area contributed by atoms with Gasteiger partial charge in [-0.3, -0.25) is 20.4 Å². The number of rotatable bonds is 9. The average molecular weight is 472 g/mol. The monoisotopic (exact) mass is 471 g/mol. The first-order valence-corrected chi connectivity index (χ1v) is 11.2. The molecule has 0 bridgehead atoms. The summed E-state index contributed by atoms with van der Waals surface area (Å²) in [6.45, 7) is 3.46. The largest absolute Gasteiger partial charge is 0.493 e. The molecule has 11 heteroatoms. The molecule has 0 fully saturated rings. The number of amides is 2. The summed E-state index contributed by atoms with van der Waals surface area (Å²) in [5.41, 5.74) is 5.25. The first-order valence-electron chi connectivity index (χ1n) is 9.34. The van der Waals surface area contributed by atoms with E-state index in [0.29, 0.717) is 17.2 Å². The highest BCUT2D eigenvalue weighted by Gasteiger charge is 2.22. The molecule has 2 rings (SSSR count). The lowest BCUT2D eigenvalue weighted by atomic mass is 10.2. The highest BCUT2D eigenvalue weighted by Crippen LogP contribution is 2.21. The minimum atomic E-state index is -4.03. The Morgan fingerprint density at radius 1 is 1.13 bits per heavy atom. The lowest BCUT2D eigenvalue weighted by Gasteiger charge is -2.15. The van der Waals surface area contributed by atoms with Gasteiger partial charge < -0.3 is 4.74 Å². The summed E-state index contributed by atoms with van der Waals surface area (Å²) < 4.78 is 45.1. The lowest BCUT2D eigenvalue weighted by molar-refractivity contribution is -0.129. The van der Waals surface area contributed by atoms with E-state index < -0.39 is 33.7 Å². The van der Waals surface area contributed by atoms with Crippen LogP contribution in [0.2, 0.25) is 5.02 Å². The fraction of sp³-hybridized carbons (Fsp3) is 0.300. The number of hydrogen-bond acceptors (Lipinski definition) is 5. The molecule has 0 spiro atoms. The third-order valence-corrected chi connectivity index (χ3v) is 5.91. The van der Waals surface area contributed by atoms with Gasteiger partial charge in [0.05, 0.1) is 17.5 Å². The van der Waals surface area contributed by atoms with Crippen LogP contribution in [0.5, 0.6) is 5.75 Å². The van der Waals surface area contributed by atoms with E-state index in [2.05, 4.69) is 15.6 Å². The molecule has 1 atom stereocenters. The van der Waals surface area contributed by atoms with Crippen molar-refractivity contribution in [1.29, 1.82) is 0 Å². The van der Waals surface area contributed by atoms with Crippen LogP contribution in [-0.4, -0.2) is 32.9 Å². The maximum absolute atomic E-state index is 12.9. The van der Waals surface area contributed by atoms with Gasteiger partial charge in [0.15, 0.2) is 0 Å². The molecular formula is C20H23ClFN3O5S. The average Bonchev–Trinajstić information content (AvgIpc) is 2.70.